The predicted octanol–water partition coefficient (Wildman–Crippen LogP) is 3.17. The minimum atomic E-state index is 0.185. The highest BCUT2D eigenvalue weighted by Gasteiger charge is 2.47. The fourth-order valence-electron chi connectivity index (χ4n) is 4.93. The normalized spacial score (nSPS) is 21.7. The van der Waals surface area contributed by atoms with Gasteiger partial charge in [-0.2, -0.15) is 5.10 Å². The third-order valence-electron chi connectivity index (χ3n) is 6.92. The first-order valence-corrected chi connectivity index (χ1v) is 10.4. The largest absolute Gasteiger partial charge is 0.507 e. The van der Waals surface area contributed by atoms with Crippen molar-refractivity contribution in [1.82, 2.24) is 24.6 Å². The van der Waals surface area contributed by atoms with Crippen molar-refractivity contribution in [2.75, 3.05) is 31.6 Å². The lowest BCUT2D eigenvalue weighted by Crippen LogP contribution is -2.59. The van der Waals surface area contributed by atoms with Crippen molar-refractivity contribution in [1.29, 1.82) is 0 Å². The molecule has 2 aliphatic rings. The number of aryl methyl sites for hydroxylation is 1. The third-order valence-corrected chi connectivity index (χ3v) is 6.92. The SMILES string of the molecule is CN1CCC12CCN(c1ccc3nc(-c4cc5cn(C)nc5cc4O)ccc3n1)C2. The molecule has 1 atom stereocenters. The molecule has 5 heterocycles. The zero-order chi connectivity index (χ0) is 20.5. The zero-order valence-electron chi connectivity index (χ0n) is 17.2. The van der Waals surface area contributed by atoms with Gasteiger partial charge in [-0.3, -0.25) is 9.58 Å². The number of rotatable bonds is 2. The Morgan fingerprint density at radius 3 is 2.50 bits per heavy atom. The monoisotopic (exact) mass is 400 g/mol. The molecule has 0 radical (unpaired) electrons. The van der Waals surface area contributed by atoms with Crippen molar-refractivity contribution < 1.29 is 5.11 Å². The van der Waals surface area contributed by atoms with Gasteiger partial charge in [0, 0.05) is 55.4 Å². The van der Waals surface area contributed by atoms with E-state index in [4.69, 9.17) is 9.97 Å². The molecule has 6 rings (SSSR count). The van der Waals surface area contributed by atoms with E-state index in [0.717, 1.165) is 46.5 Å². The number of hydrogen-bond donors (Lipinski definition) is 1. The first-order chi connectivity index (χ1) is 14.5. The summed E-state index contributed by atoms with van der Waals surface area (Å²) in [6.45, 7) is 3.29. The molecule has 1 unspecified atom stereocenters. The number of aromatic nitrogens is 4. The molecule has 30 heavy (non-hydrogen) atoms. The summed E-state index contributed by atoms with van der Waals surface area (Å²) in [6.07, 6.45) is 4.43. The van der Waals surface area contributed by atoms with Crippen LogP contribution in [0.5, 0.6) is 5.75 Å². The van der Waals surface area contributed by atoms with E-state index in [1.54, 1.807) is 10.7 Å². The van der Waals surface area contributed by atoms with Crippen molar-refractivity contribution in [3.63, 3.8) is 0 Å². The minimum absolute atomic E-state index is 0.185. The lowest BCUT2D eigenvalue weighted by Gasteiger charge is -2.48. The van der Waals surface area contributed by atoms with Gasteiger partial charge in [0.1, 0.15) is 11.6 Å². The molecule has 0 bridgehead atoms. The van der Waals surface area contributed by atoms with Gasteiger partial charge in [0.05, 0.1) is 22.2 Å². The Morgan fingerprint density at radius 1 is 0.933 bits per heavy atom. The molecule has 2 saturated heterocycles. The molecule has 4 aromatic rings. The summed E-state index contributed by atoms with van der Waals surface area (Å²) in [4.78, 5) is 14.5. The summed E-state index contributed by atoms with van der Waals surface area (Å²) in [5.74, 6) is 1.21. The van der Waals surface area contributed by atoms with Crippen LogP contribution in [0.4, 0.5) is 5.82 Å². The molecule has 2 aliphatic heterocycles. The van der Waals surface area contributed by atoms with E-state index in [9.17, 15) is 5.11 Å². The van der Waals surface area contributed by atoms with Gasteiger partial charge < -0.3 is 10.0 Å². The van der Waals surface area contributed by atoms with E-state index in [1.807, 2.05) is 37.5 Å². The second kappa shape index (κ2) is 6.15. The Bertz CT molecular complexity index is 1300. The number of pyridine rings is 2. The summed E-state index contributed by atoms with van der Waals surface area (Å²) >= 11 is 0. The number of benzene rings is 1. The summed E-state index contributed by atoms with van der Waals surface area (Å²) in [7, 11) is 4.10. The summed E-state index contributed by atoms with van der Waals surface area (Å²) in [5, 5.41) is 15.8. The van der Waals surface area contributed by atoms with Crippen LogP contribution in [-0.2, 0) is 7.05 Å². The van der Waals surface area contributed by atoms with Gasteiger partial charge in [-0.15, -0.1) is 0 Å². The second-order valence-electron chi connectivity index (χ2n) is 8.70. The first-order valence-electron chi connectivity index (χ1n) is 10.4. The molecule has 1 spiro atoms. The summed E-state index contributed by atoms with van der Waals surface area (Å²) in [6, 6.07) is 11.7. The van der Waals surface area contributed by atoms with Crippen molar-refractivity contribution in [3.8, 4) is 17.0 Å². The molecule has 0 amide bonds. The van der Waals surface area contributed by atoms with Gasteiger partial charge in [-0.05, 0) is 50.2 Å². The number of hydrogen-bond acceptors (Lipinski definition) is 6. The highest BCUT2D eigenvalue weighted by atomic mass is 16.3. The van der Waals surface area contributed by atoms with Crippen LogP contribution in [0.2, 0.25) is 0 Å². The lowest BCUT2D eigenvalue weighted by molar-refractivity contribution is 0.0307. The number of aromatic hydroxyl groups is 1. The average Bonchev–Trinajstić information content (AvgIpc) is 3.36. The topological polar surface area (TPSA) is 70.3 Å². The van der Waals surface area contributed by atoms with Crippen molar-refractivity contribution in [3.05, 3.63) is 42.6 Å². The number of phenolic OH excluding ortho intramolecular Hbond substituents is 1. The van der Waals surface area contributed by atoms with E-state index in [1.165, 1.54) is 19.4 Å². The molecule has 1 N–H and O–H groups in total. The van der Waals surface area contributed by atoms with Gasteiger partial charge in [-0.25, -0.2) is 9.97 Å². The second-order valence-corrected chi connectivity index (χ2v) is 8.70. The van der Waals surface area contributed by atoms with Crippen LogP contribution in [0.1, 0.15) is 12.8 Å². The van der Waals surface area contributed by atoms with Crippen LogP contribution < -0.4 is 4.90 Å². The van der Waals surface area contributed by atoms with Crippen LogP contribution in [0.25, 0.3) is 33.2 Å². The fraction of sp³-hybridized carbons (Fsp3) is 0.348. The average molecular weight is 400 g/mol. The lowest BCUT2D eigenvalue weighted by atomic mass is 9.85. The van der Waals surface area contributed by atoms with E-state index < -0.39 is 0 Å². The minimum Gasteiger partial charge on any atom is -0.507 e. The van der Waals surface area contributed by atoms with Crippen molar-refractivity contribution in [2.45, 2.75) is 18.4 Å². The van der Waals surface area contributed by atoms with Gasteiger partial charge in [-0.1, -0.05) is 0 Å². The smallest absolute Gasteiger partial charge is 0.129 e. The quantitative estimate of drug-likeness (QED) is 0.557. The Labute approximate surface area is 174 Å². The molecular weight excluding hydrogens is 376 g/mol. The molecule has 152 valence electrons. The van der Waals surface area contributed by atoms with Gasteiger partial charge in [0.15, 0.2) is 0 Å². The maximum atomic E-state index is 10.5. The van der Waals surface area contributed by atoms with Crippen LogP contribution >= 0.6 is 0 Å². The van der Waals surface area contributed by atoms with Crippen LogP contribution in [0.15, 0.2) is 42.6 Å². The molecule has 2 fully saturated rings. The highest BCUT2D eigenvalue weighted by Crippen LogP contribution is 2.39. The number of nitrogens with zero attached hydrogens (tertiary/aromatic N) is 6. The number of likely N-dealkylation sites (N-methyl/N-ethyl adjacent to an activating group) is 1. The first kappa shape index (κ1) is 17.7. The molecule has 7 heteroatoms. The molecule has 0 saturated carbocycles. The fourth-order valence-corrected chi connectivity index (χ4v) is 4.93. The maximum absolute atomic E-state index is 10.5. The Hall–Kier alpha value is -3.19. The molecule has 1 aromatic carbocycles. The van der Waals surface area contributed by atoms with Crippen LogP contribution in [-0.4, -0.2) is 62.0 Å². The standard InChI is InChI=1S/C23H24N6O/c1-27-9-7-23(27)8-10-29(14-23)22-6-5-18-19(25-22)4-3-17(24-18)16-11-15-13-28(2)26-20(15)12-21(16)30/h3-6,11-13,30H,7-10,14H2,1-2H3. The van der Waals surface area contributed by atoms with Crippen LogP contribution in [0, 0.1) is 0 Å². The van der Waals surface area contributed by atoms with Crippen molar-refractivity contribution in [2.24, 2.45) is 7.05 Å². The van der Waals surface area contributed by atoms with Crippen LogP contribution in [0.3, 0.4) is 0 Å². The highest BCUT2D eigenvalue weighted by molar-refractivity contribution is 5.88. The van der Waals surface area contributed by atoms with E-state index in [-0.39, 0.29) is 5.75 Å². The molecule has 3 aromatic heterocycles. The van der Waals surface area contributed by atoms with Gasteiger partial charge in [0.2, 0.25) is 0 Å². The molecular formula is C23H24N6O. The third kappa shape index (κ3) is 2.58. The van der Waals surface area contributed by atoms with Gasteiger partial charge in [0.25, 0.3) is 0 Å². The zero-order valence-corrected chi connectivity index (χ0v) is 17.2. The van der Waals surface area contributed by atoms with E-state index in [0.29, 0.717) is 11.1 Å². The predicted molar refractivity (Wildman–Crippen MR) is 118 cm³/mol. The number of likely N-dealkylation sites (tertiary alicyclic amines) is 1. The Morgan fingerprint density at radius 2 is 1.73 bits per heavy atom. The Kier molecular flexibility index (Phi) is 3.62. The number of fused-ring (bicyclic) bond motifs is 2. The van der Waals surface area contributed by atoms with Crippen molar-refractivity contribution >= 4 is 27.8 Å². The Balaban J connectivity index is 1.34. The number of phenols is 1. The van der Waals surface area contributed by atoms with E-state index >= 15 is 0 Å². The summed E-state index contributed by atoms with van der Waals surface area (Å²) < 4.78 is 1.75. The molecule has 0 aliphatic carbocycles. The van der Waals surface area contributed by atoms with E-state index in [2.05, 4.69) is 28.0 Å². The van der Waals surface area contributed by atoms with Gasteiger partial charge >= 0.3 is 0 Å². The molecule has 7 nitrogen and oxygen atoms in total. The number of anilines is 1. The maximum Gasteiger partial charge on any atom is 0.129 e. The summed E-state index contributed by atoms with van der Waals surface area (Å²) in [5.41, 5.74) is 4.26.